The summed E-state index contributed by atoms with van der Waals surface area (Å²) in [5.41, 5.74) is 1.05. The van der Waals surface area contributed by atoms with E-state index in [0.717, 1.165) is 15.4 Å². The third-order valence-electron chi connectivity index (χ3n) is 3.70. The fourth-order valence-corrected chi connectivity index (χ4v) is 4.26. The van der Waals surface area contributed by atoms with E-state index in [1.807, 2.05) is 17.5 Å². The molecule has 3 rings (SSSR count). The van der Waals surface area contributed by atoms with Crippen molar-refractivity contribution in [3.8, 4) is 10.6 Å². The Bertz CT molecular complexity index is 1050. The summed E-state index contributed by atoms with van der Waals surface area (Å²) < 4.78 is 0. The lowest BCUT2D eigenvalue weighted by Gasteiger charge is -2.06. The molecule has 0 aliphatic heterocycles. The normalized spacial score (nSPS) is 10.4. The standard InChI is InChI=1S/C19H17ClN4O3S2/c1-11(25)21-8-12-6-7-16(29-12)15-10-28-19(23-15)24-17(26)9-22-18(27)13-4-2-3-5-14(13)20/h2-7,10H,8-9H2,1H3,(H,21,25)(H,22,27)(H,23,24,26). The molecule has 0 aliphatic rings. The minimum atomic E-state index is -0.420. The van der Waals surface area contributed by atoms with Gasteiger partial charge >= 0.3 is 0 Å². The predicted molar refractivity (Wildman–Crippen MR) is 115 cm³/mol. The second-order valence-electron chi connectivity index (χ2n) is 5.92. The summed E-state index contributed by atoms with van der Waals surface area (Å²) in [5, 5.41) is 10.6. The molecule has 3 N–H and O–H groups in total. The van der Waals surface area contributed by atoms with Crippen molar-refractivity contribution in [3.05, 3.63) is 57.2 Å². The zero-order valence-corrected chi connectivity index (χ0v) is 17.7. The zero-order chi connectivity index (χ0) is 20.8. The smallest absolute Gasteiger partial charge is 0.253 e. The van der Waals surface area contributed by atoms with Gasteiger partial charge in [0.15, 0.2) is 5.13 Å². The van der Waals surface area contributed by atoms with Crippen molar-refractivity contribution in [1.82, 2.24) is 15.6 Å². The minimum absolute atomic E-state index is 0.0831. The van der Waals surface area contributed by atoms with Crippen molar-refractivity contribution in [1.29, 1.82) is 0 Å². The van der Waals surface area contributed by atoms with Gasteiger partial charge in [-0.1, -0.05) is 23.7 Å². The summed E-state index contributed by atoms with van der Waals surface area (Å²) >= 11 is 8.79. The molecule has 10 heteroatoms. The molecule has 29 heavy (non-hydrogen) atoms. The first-order chi connectivity index (χ1) is 13.9. The highest BCUT2D eigenvalue weighted by Gasteiger charge is 2.13. The lowest BCUT2D eigenvalue weighted by Crippen LogP contribution is -2.32. The van der Waals surface area contributed by atoms with Crippen molar-refractivity contribution < 1.29 is 14.4 Å². The maximum atomic E-state index is 12.1. The molecule has 2 aromatic heterocycles. The Morgan fingerprint density at radius 3 is 2.66 bits per heavy atom. The topological polar surface area (TPSA) is 100 Å². The zero-order valence-electron chi connectivity index (χ0n) is 15.3. The van der Waals surface area contributed by atoms with Gasteiger partial charge in [0.25, 0.3) is 5.91 Å². The SMILES string of the molecule is CC(=O)NCc1ccc(-c2csc(NC(=O)CNC(=O)c3ccccc3Cl)n2)s1. The molecule has 150 valence electrons. The van der Waals surface area contributed by atoms with Crippen molar-refractivity contribution in [3.63, 3.8) is 0 Å². The Hall–Kier alpha value is -2.75. The van der Waals surface area contributed by atoms with Crippen LogP contribution in [0.4, 0.5) is 5.13 Å². The fraction of sp³-hybridized carbons (Fsp3) is 0.158. The van der Waals surface area contributed by atoms with E-state index in [2.05, 4.69) is 20.9 Å². The molecule has 0 spiro atoms. The molecular weight excluding hydrogens is 432 g/mol. The number of nitrogens with one attached hydrogen (secondary N) is 3. The molecule has 3 amide bonds. The van der Waals surface area contributed by atoms with Gasteiger partial charge in [-0.05, 0) is 24.3 Å². The number of hydrogen-bond donors (Lipinski definition) is 3. The van der Waals surface area contributed by atoms with E-state index in [-0.39, 0.29) is 18.4 Å². The van der Waals surface area contributed by atoms with Gasteiger partial charge in [-0.3, -0.25) is 14.4 Å². The van der Waals surface area contributed by atoms with Gasteiger partial charge < -0.3 is 16.0 Å². The van der Waals surface area contributed by atoms with Crippen LogP contribution in [0.2, 0.25) is 5.02 Å². The van der Waals surface area contributed by atoms with Gasteiger partial charge in [-0.2, -0.15) is 0 Å². The average Bonchev–Trinajstić information content (AvgIpc) is 3.34. The maximum Gasteiger partial charge on any atom is 0.253 e. The van der Waals surface area contributed by atoms with Gasteiger partial charge in [0.2, 0.25) is 11.8 Å². The van der Waals surface area contributed by atoms with Crippen LogP contribution in [-0.4, -0.2) is 29.3 Å². The Morgan fingerprint density at radius 2 is 1.90 bits per heavy atom. The summed E-state index contributed by atoms with van der Waals surface area (Å²) in [7, 11) is 0. The fourth-order valence-electron chi connectivity index (χ4n) is 2.33. The Labute approximate surface area is 180 Å². The number of carbonyl (C=O) groups is 3. The first-order valence-corrected chi connectivity index (χ1v) is 10.6. The van der Waals surface area contributed by atoms with Crippen LogP contribution in [-0.2, 0) is 16.1 Å². The number of carbonyl (C=O) groups excluding carboxylic acids is 3. The Kier molecular flexibility index (Phi) is 6.97. The number of anilines is 1. The first-order valence-electron chi connectivity index (χ1n) is 8.54. The molecule has 3 aromatic rings. The maximum absolute atomic E-state index is 12.1. The number of thiazole rings is 1. The van der Waals surface area contributed by atoms with Crippen LogP contribution in [0.15, 0.2) is 41.8 Å². The number of hydrogen-bond acceptors (Lipinski definition) is 6. The van der Waals surface area contributed by atoms with Crippen molar-refractivity contribution in [2.75, 3.05) is 11.9 Å². The van der Waals surface area contributed by atoms with E-state index >= 15 is 0 Å². The predicted octanol–water partition coefficient (Wildman–Crippen LogP) is 3.53. The Balaban J connectivity index is 1.53. The third-order valence-corrected chi connectivity index (χ3v) is 5.90. The van der Waals surface area contributed by atoms with Gasteiger partial charge in [-0.25, -0.2) is 4.98 Å². The van der Waals surface area contributed by atoms with Crippen molar-refractivity contribution >= 4 is 57.1 Å². The summed E-state index contributed by atoms with van der Waals surface area (Å²) in [5.74, 6) is -0.889. The average molecular weight is 449 g/mol. The highest BCUT2D eigenvalue weighted by Crippen LogP contribution is 2.30. The first kappa shape index (κ1) is 21.0. The quantitative estimate of drug-likeness (QED) is 0.514. The molecule has 0 fully saturated rings. The molecule has 0 atom stereocenters. The summed E-state index contributed by atoms with van der Waals surface area (Å²) in [6.45, 7) is 1.75. The highest BCUT2D eigenvalue weighted by molar-refractivity contribution is 7.17. The van der Waals surface area contributed by atoms with Crippen LogP contribution >= 0.6 is 34.3 Å². The van der Waals surface area contributed by atoms with E-state index in [1.54, 1.807) is 24.3 Å². The highest BCUT2D eigenvalue weighted by atomic mass is 35.5. The third kappa shape index (κ3) is 5.86. The second-order valence-corrected chi connectivity index (χ2v) is 8.36. The number of rotatable bonds is 7. The lowest BCUT2D eigenvalue weighted by atomic mass is 10.2. The molecule has 0 saturated carbocycles. The number of halogens is 1. The van der Waals surface area contributed by atoms with E-state index in [4.69, 9.17) is 11.6 Å². The van der Waals surface area contributed by atoms with Crippen LogP contribution < -0.4 is 16.0 Å². The van der Waals surface area contributed by atoms with Crippen LogP contribution in [0.3, 0.4) is 0 Å². The number of aromatic nitrogens is 1. The van der Waals surface area contributed by atoms with Crippen LogP contribution in [0.5, 0.6) is 0 Å². The number of thiophene rings is 1. The summed E-state index contributed by atoms with van der Waals surface area (Å²) in [4.78, 5) is 41.6. The second kappa shape index (κ2) is 9.64. The monoisotopic (exact) mass is 448 g/mol. The van der Waals surface area contributed by atoms with Gasteiger partial charge in [-0.15, -0.1) is 22.7 Å². The van der Waals surface area contributed by atoms with E-state index < -0.39 is 5.91 Å². The van der Waals surface area contributed by atoms with E-state index in [0.29, 0.717) is 22.3 Å². The van der Waals surface area contributed by atoms with Crippen LogP contribution in [0.1, 0.15) is 22.2 Å². The molecule has 0 unspecified atom stereocenters. The Morgan fingerprint density at radius 1 is 1.10 bits per heavy atom. The molecule has 0 saturated heterocycles. The van der Waals surface area contributed by atoms with E-state index in [1.165, 1.54) is 29.6 Å². The van der Waals surface area contributed by atoms with Gasteiger partial charge in [0, 0.05) is 17.2 Å². The molecule has 0 bridgehead atoms. The lowest BCUT2D eigenvalue weighted by molar-refractivity contribution is -0.119. The van der Waals surface area contributed by atoms with Crippen LogP contribution in [0, 0.1) is 0 Å². The van der Waals surface area contributed by atoms with Crippen LogP contribution in [0.25, 0.3) is 10.6 Å². The summed E-state index contributed by atoms with van der Waals surface area (Å²) in [6, 6.07) is 10.5. The summed E-state index contributed by atoms with van der Waals surface area (Å²) in [6.07, 6.45) is 0. The van der Waals surface area contributed by atoms with Crippen molar-refractivity contribution in [2.45, 2.75) is 13.5 Å². The van der Waals surface area contributed by atoms with E-state index in [9.17, 15) is 14.4 Å². The number of amides is 3. The molecule has 1 aromatic carbocycles. The van der Waals surface area contributed by atoms with Gasteiger partial charge in [0.1, 0.15) is 0 Å². The molecular formula is C19H17ClN4O3S2. The molecule has 0 radical (unpaired) electrons. The minimum Gasteiger partial charge on any atom is -0.351 e. The molecule has 2 heterocycles. The molecule has 7 nitrogen and oxygen atoms in total. The largest absolute Gasteiger partial charge is 0.351 e. The number of benzene rings is 1. The number of nitrogens with zero attached hydrogens (tertiary/aromatic N) is 1. The van der Waals surface area contributed by atoms with Gasteiger partial charge in [0.05, 0.1) is 34.2 Å². The molecule has 0 aliphatic carbocycles. The van der Waals surface area contributed by atoms with Crippen molar-refractivity contribution in [2.24, 2.45) is 0 Å².